The molecule has 1 fully saturated rings. The van der Waals surface area contributed by atoms with E-state index in [4.69, 9.17) is 19.9 Å². The summed E-state index contributed by atoms with van der Waals surface area (Å²) in [4.78, 5) is 13.8. The summed E-state index contributed by atoms with van der Waals surface area (Å²) in [7, 11) is 3.24. The van der Waals surface area contributed by atoms with Gasteiger partial charge in [-0.1, -0.05) is 0 Å². The summed E-state index contributed by atoms with van der Waals surface area (Å²) in [6, 6.07) is 6.94. The summed E-state index contributed by atoms with van der Waals surface area (Å²) in [5.41, 5.74) is 6.25. The number of amides is 1. The van der Waals surface area contributed by atoms with E-state index in [2.05, 4.69) is 0 Å². The van der Waals surface area contributed by atoms with E-state index >= 15 is 0 Å². The summed E-state index contributed by atoms with van der Waals surface area (Å²) in [5.74, 6) is 0.543. The van der Waals surface area contributed by atoms with Crippen LogP contribution in [0.3, 0.4) is 0 Å². The van der Waals surface area contributed by atoms with E-state index in [-0.39, 0.29) is 24.7 Å². The lowest BCUT2D eigenvalue weighted by Crippen LogP contribution is -2.34. The second-order valence-electron chi connectivity index (χ2n) is 4.70. The van der Waals surface area contributed by atoms with Crippen LogP contribution in [-0.2, 0) is 14.3 Å². The minimum Gasteiger partial charge on any atom is -0.484 e. The lowest BCUT2D eigenvalue weighted by atomic mass is 10.3. The Morgan fingerprint density at radius 3 is 2.25 bits per heavy atom. The normalized spacial score (nSPS) is 22.0. The maximum atomic E-state index is 12.1. The lowest BCUT2D eigenvalue weighted by Gasteiger charge is -2.16. The highest BCUT2D eigenvalue weighted by atomic mass is 16.5. The second kappa shape index (κ2) is 6.58. The summed E-state index contributed by atoms with van der Waals surface area (Å²) in [5, 5.41) is 0. The quantitative estimate of drug-likeness (QED) is 0.796. The number of rotatable bonds is 5. The van der Waals surface area contributed by atoms with Crippen LogP contribution in [0.25, 0.3) is 0 Å². The topological polar surface area (TPSA) is 74.0 Å². The molecule has 1 aromatic carbocycles. The van der Waals surface area contributed by atoms with Crippen LogP contribution in [0.1, 0.15) is 0 Å². The Morgan fingerprint density at radius 2 is 1.75 bits per heavy atom. The molecular formula is C14H20N2O4. The van der Waals surface area contributed by atoms with Gasteiger partial charge in [0.05, 0.1) is 0 Å². The average Bonchev–Trinajstić information content (AvgIpc) is 2.89. The molecule has 2 unspecified atom stereocenters. The Labute approximate surface area is 118 Å². The molecule has 0 bridgehead atoms. The van der Waals surface area contributed by atoms with Crippen molar-refractivity contribution >= 4 is 11.6 Å². The van der Waals surface area contributed by atoms with Crippen molar-refractivity contribution in [2.24, 2.45) is 0 Å². The average molecular weight is 280 g/mol. The molecule has 0 saturated carbocycles. The van der Waals surface area contributed by atoms with E-state index in [0.29, 0.717) is 24.5 Å². The summed E-state index contributed by atoms with van der Waals surface area (Å²) in [6.45, 7) is 1.05. The number of benzene rings is 1. The molecule has 0 radical (unpaired) electrons. The number of hydrogen-bond donors (Lipinski definition) is 1. The first kappa shape index (κ1) is 14.6. The zero-order valence-corrected chi connectivity index (χ0v) is 11.7. The molecule has 1 saturated heterocycles. The number of carbonyl (C=O) groups is 1. The molecule has 2 N–H and O–H groups in total. The smallest absolute Gasteiger partial charge is 0.260 e. The summed E-state index contributed by atoms with van der Waals surface area (Å²) >= 11 is 0. The molecule has 0 aromatic heterocycles. The van der Waals surface area contributed by atoms with Crippen LogP contribution in [-0.4, -0.2) is 56.9 Å². The number of likely N-dealkylation sites (tertiary alicyclic amines) is 1. The van der Waals surface area contributed by atoms with Crippen LogP contribution in [0.15, 0.2) is 24.3 Å². The van der Waals surface area contributed by atoms with Gasteiger partial charge in [-0.25, -0.2) is 0 Å². The minimum absolute atomic E-state index is 0.00319. The van der Waals surface area contributed by atoms with Gasteiger partial charge < -0.3 is 24.8 Å². The molecule has 1 heterocycles. The highest BCUT2D eigenvalue weighted by Gasteiger charge is 2.35. The van der Waals surface area contributed by atoms with E-state index < -0.39 is 0 Å². The van der Waals surface area contributed by atoms with E-state index in [1.165, 1.54) is 0 Å². The van der Waals surface area contributed by atoms with E-state index in [0.717, 1.165) is 0 Å². The monoisotopic (exact) mass is 280 g/mol. The number of carbonyl (C=O) groups excluding carboxylic acids is 1. The van der Waals surface area contributed by atoms with Crippen molar-refractivity contribution in [3.05, 3.63) is 24.3 Å². The van der Waals surface area contributed by atoms with Gasteiger partial charge >= 0.3 is 0 Å². The fourth-order valence-corrected chi connectivity index (χ4v) is 2.20. The van der Waals surface area contributed by atoms with Gasteiger partial charge in [0.25, 0.3) is 5.91 Å². The summed E-state index contributed by atoms with van der Waals surface area (Å²) in [6.07, 6.45) is -0.166. The molecule has 0 spiro atoms. The van der Waals surface area contributed by atoms with Crippen LogP contribution in [0, 0.1) is 0 Å². The number of nitrogens with zero attached hydrogens (tertiary/aromatic N) is 1. The van der Waals surface area contributed by atoms with Crippen molar-refractivity contribution in [1.82, 2.24) is 4.90 Å². The van der Waals surface area contributed by atoms with Gasteiger partial charge in [-0.2, -0.15) is 0 Å². The first-order valence-corrected chi connectivity index (χ1v) is 6.45. The number of methoxy groups -OCH3 is 2. The first-order chi connectivity index (χ1) is 9.63. The largest absolute Gasteiger partial charge is 0.484 e. The third kappa shape index (κ3) is 3.40. The van der Waals surface area contributed by atoms with Gasteiger partial charge in [-0.3, -0.25) is 4.79 Å². The minimum atomic E-state index is -0.0829. The van der Waals surface area contributed by atoms with E-state index in [1.54, 1.807) is 43.4 Å². The first-order valence-electron chi connectivity index (χ1n) is 6.45. The van der Waals surface area contributed by atoms with E-state index in [9.17, 15) is 4.79 Å². The molecule has 1 aliphatic heterocycles. The molecule has 6 heteroatoms. The Balaban J connectivity index is 1.85. The zero-order chi connectivity index (χ0) is 14.5. The Kier molecular flexibility index (Phi) is 4.81. The van der Waals surface area contributed by atoms with Crippen molar-refractivity contribution in [3.8, 4) is 5.75 Å². The van der Waals surface area contributed by atoms with Crippen molar-refractivity contribution < 1.29 is 19.0 Å². The molecule has 2 rings (SSSR count). The lowest BCUT2D eigenvalue weighted by molar-refractivity contribution is -0.132. The van der Waals surface area contributed by atoms with Gasteiger partial charge in [-0.05, 0) is 24.3 Å². The van der Waals surface area contributed by atoms with Crippen LogP contribution in [0.4, 0.5) is 5.69 Å². The van der Waals surface area contributed by atoms with Crippen LogP contribution >= 0.6 is 0 Å². The molecule has 1 amide bonds. The number of ether oxygens (including phenoxy) is 3. The van der Waals surface area contributed by atoms with Crippen molar-refractivity contribution in [1.29, 1.82) is 0 Å². The molecule has 1 aliphatic rings. The van der Waals surface area contributed by atoms with Crippen molar-refractivity contribution in [2.75, 3.05) is 39.6 Å². The third-order valence-electron chi connectivity index (χ3n) is 3.42. The maximum absolute atomic E-state index is 12.1. The number of nitrogens with two attached hydrogens (primary N) is 1. The Morgan fingerprint density at radius 1 is 1.20 bits per heavy atom. The maximum Gasteiger partial charge on any atom is 0.260 e. The SMILES string of the molecule is COC1CN(C(=O)COc2ccc(N)cc2)CC1OC. The van der Waals surface area contributed by atoms with Gasteiger partial charge in [-0.15, -0.1) is 0 Å². The standard InChI is InChI=1S/C14H20N2O4/c1-18-12-7-16(8-13(12)19-2)14(17)9-20-11-5-3-10(15)4-6-11/h3-6,12-13H,7-9,15H2,1-2H3. The number of anilines is 1. The third-order valence-corrected chi connectivity index (χ3v) is 3.42. The predicted octanol–water partition coefficient (Wildman–Crippen LogP) is 0.520. The molecule has 6 nitrogen and oxygen atoms in total. The van der Waals surface area contributed by atoms with Crippen LogP contribution in [0.5, 0.6) is 5.75 Å². The molecular weight excluding hydrogens is 260 g/mol. The second-order valence-corrected chi connectivity index (χ2v) is 4.70. The zero-order valence-electron chi connectivity index (χ0n) is 11.7. The molecule has 110 valence electrons. The Hall–Kier alpha value is -1.79. The van der Waals surface area contributed by atoms with Gasteiger partial charge in [0.1, 0.15) is 18.0 Å². The molecule has 20 heavy (non-hydrogen) atoms. The number of hydrogen-bond acceptors (Lipinski definition) is 5. The van der Waals surface area contributed by atoms with E-state index in [1.807, 2.05) is 0 Å². The molecule has 1 aromatic rings. The van der Waals surface area contributed by atoms with Crippen LogP contribution in [0.2, 0.25) is 0 Å². The van der Waals surface area contributed by atoms with Crippen molar-refractivity contribution in [2.45, 2.75) is 12.2 Å². The van der Waals surface area contributed by atoms with Gasteiger partial charge in [0.2, 0.25) is 0 Å². The number of nitrogen functional groups attached to an aromatic ring is 1. The fourth-order valence-electron chi connectivity index (χ4n) is 2.20. The highest BCUT2D eigenvalue weighted by molar-refractivity contribution is 5.78. The summed E-state index contributed by atoms with van der Waals surface area (Å²) < 4.78 is 16.0. The van der Waals surface area contributed by atoms with Gasteiger partial charge in [0, 0.05) is 33.0 Å². The van der Waals surface area contributed by atoms with Crippen molar-refractivity contribution in [3.63, 3.8) is 0 Å². The predicted molar refractivity (Wildman–Crippen MR) is 74.5 cm³/mol. The Bertz CT molecular complexity index is 437. The highest BCUT2D eigenvalue weighted by Crippen LogP contribution is 2.17. The fraction of sp³-hybridized carbons (Fsp3) is 0.500. The molecule has 0 aliphatic carbocycles. The molecule has 2 atom stereocenters. The van der Waals surface area contributed by atoms with Crippen LogP contribution < -0.4 is 10.5 Å². The van der Waals surface area contributed by atoms with Gasteiger partial charge in [0.15, 0.2) is 6.61 Å².